The average molecular weight is 403 g/mol. The Bertz CT molecular complexity index is 746. The van der Waals surface area contributed by atoms with Crippen LogP contribution in [-0.4, -0.2) is 38.0 Å². The molecule has 4 saturated carbocycles. The number of carbonyl (C=O) groups excluding carboxylic acids is 2. The number of rotatable bonds is 7. The number of hydrogen-bond acceptors (Lipinski definition) is 2. The lowest BCUT2D eigenvalue weighted by Crippen LogP contribution is -3.11. The van der Waals surface area contributed by atoms with Gasteiger partial charge in [0.15, 0.2) is 13.1 Å². The predicted octanol–water partition coefficient (Wildman–Crippen LogP) is 2.00. The number of carbonyl (C=O) groups is 2. The van der Waals surface area contributed by atoms with Gasteiger partial charge in [0.05, 0.1) is 7.05 Å². The Balaban J connectivity index is 1.25. The number of halogens is 1. The zero-order valence-electron chi connectivity index (χ0n) is 17.5. The first-order valence-corrected chi connectivity index (χ1v) is 11.0. The van der Waals surface area contributed by atoms with E-state index in [0.29, 0.717) is 5.69 Å². The monoisotopic (exact) mass is 402 g/mol. The second-order valence-corrected chi connectivity index (χ2v) is 9.94. The Hall–Kier alpha value is -1.95. The van der Waals surface area contributed by atoms with Gasteiger partial charge in [0.1, 0.15) is 5.82 Å². The van der Waals surface area contributed by atoms with Crippen molar-refractivity contribution in [3.8, 4) is 0 Å². The highest BCUT2D eigenvalue weighted by Gasteiger charge is 2.53. The molecule has 0 saturated heterocycles. The molecule has 158 valence electrons. The maximum atomic E-state index is 13.2. The third kappa shape index (κ3) is 4.63. The SMILES string of the molecule is C[C@@H](NC(=O)C[NH+](C)CC(=O)Nc1cccc(F)c1)C12CC3CC(CC(C3)C1)C2. The van der Waals surface area contributed by atoms with Gasteiger partial charge in [-0.2, -0.15) is 0 Å². The summed E-state index contributed by atoms with van der Waals surface area (Å²) >= 11 is 0. The minimum Gasteiger partial charge on any atom is -0.348 e. The highest BCUT2D eigenvalue weighted by Crippen LogP contribution is 2.61. The molecular weight excluding hydrogens is 369 g/mol. The van der Waals surface area contributed by atoms with Crippen LogP contribution >= 0.6 is 0 Å². The third-order valence-corrected chi connectivity index (χ3v) is 7.41. The van der Waals surface area contributed by atoms with Crippen molar-refractivity contribution in [2.24, 2.45) is 23.2 Å². The topological polar surface area (TPSA) is 62.6 Å². The molecule has 0 aliphatic heterocycles. The zero-order chi connectivity index (χ0) is 20.6. The molecule has 6 heteroatoms. The van der Waals surface area contributed by atoms with E-state index in [-0.39, 0.29) is 42.2 Å². The molecule has 4 bridgehead atoms. The molecule has 0 radical (unpaired) electrons. The lowest BCUT2D eigenvalue weighted by molar-refractivity contribution is -0.862. The van der Waals surface area contributed by atoms with Crippen molar-refractivity contribution >= 4 is 17.5 Å². The summed E-state index contributed by atoms with van der Waals surface area (Å²) in [6.45, 7) is 2.60. The minimum atomic E-state index is -0.387. The van der Waals surface area contributed by atoms with Crippen LogP contribution in [0, 0.1) is 29.0 Å². The van der Waals surface area contributed by atoms with Crippen molar-refractivity contribution in [3.63, 3.8) is 0 Å². The van der Waals surface area contributed by atoms with Gasteiger partial charge in [-0.1, -0.05) is 6.07 Å². The van der Waals surface area contributed by atoms with E-state index in [4.69, 9.17) is 0 Å². The van der Waals surface area contributed by atoms with Gasteiger partial charge in [0.25, 0.3) is 11.8 Å². The molecule has 1 unspecified atom stereocenters. The largest absolute Gasteiger partial charge is 0.348 e. The molecule has 2 atom stereocenters. The summed E-state index contributed by atoms with van der Waals surface area (Å²) in [6.07, 6.45) is 7.98. The van der Waals surface area contributed by atoms with Gasteiger partial charge in [0, 0.05) is 11.7 Å². The summed E-state index contributed by atoms with van der Waals surface area (Å²) in [4.78, 5) is 25.6. The molecule has 0 heterocycles. The molecule has 4 aliphatic rings. The number of quaternary nitrogens is 1. The van der Waals surface area contributed by atoms with Crippen LogP contribution in [0.25, 0.3) is 0 Å². The number of amides is 2. The molecule has 4 fully saturated rings. The lowest BCUT2D eigenvalue weighted by Gasteiger charge is -2.59. The van der Waals surface area contributed by atoms with Crippen LogP contribution < -0.4 is 15.5 Å². The van der Waals surface area contributed by atoms with Gasteiger partial charge < -0.3 is 15.5 Å². The molecule has 4 aliphatic carbocycles. The normalized spacial score (nSPS) is 31.9. The molecule has 1 aromatic carbocycles. The molecule has 1 aromatic rings. The fourth-order valence-corrected chi connectivity index (χ4v) is 6.54. The van der Waals surface area contributed by atoms with Crippen LogP contribution in [0.2, 0.25) is 0 Å². The summed E-state index contributed by atoms with van der Waals surface area (Å²) in [5, 5.41) is 5.94. The quantitative estimate of drug-likeness (QED) is 0.653. The summed E-state index contributed by atoms with van der Waals surface area (Å²) in [6, 6.07) is 6.02. The van der Waals surface area contributed by atoms with Crippen molar-refractivity contribution in [3.05, 3.63) is 30.1 Å². The van der Waals surface area contributed by atoms with Gasteiger partial charge >= 0.3 is 0 Å². The van der Waals surface area contributed by atoms with E-state index in [0.717, 1.165) is 22.7 Å². The van der Waals surface area contributed by atoms with E-state index in [1.165, 1.54) is 50.7 Å². The van der Waals surface area contributed by atoms with Gasteiger partial charge in [-0.3, -0.25) is 9.59 Å². The first-order valence-electron chi connectivity index (χ1n) is 11.0. The molecule has 5 nitrogen and oxygen atoms in total. The van der Waals surface area contributed by atoms with Crippen molar-refractivity contribution in [1.29, 1.82) is 0 Å². The van der Waals surface area contributed by atoms with E-state index in [1.54, 1.807) is 12.1 Å². The summed E-state index contributed by atoms with van der Waals surface area (Å²) in [5.74, 6) is 1.97. The Kier molecular flexibility index (Phi) is 5.65. The first kappa shape index (κ1) is 20.3. The van der Waals surface area contributed by atoms with E-state index >= 15 is 0 Å². The van der Waals surface area contributed by atoms with Crippen molar-refractivity contribution in [2.75, 3.05) is 25.5 Å². The molecule has 2 amide bonds. The maximum Gasteiger partial charge on any atom is 0.279 e. The van der Waals surface area contributed by atoms with E-state index in [2.05, 4.69) is 17.6 Å². The summed E-state index contributed by atoms with van der Waals surface area (Å²) in [7, 11) is 1.83. The zero-order valence-corrected chi connectivity index (χ0v) is 17.5. The minimum absolute atomic E-state index is 0.00398. The average Bonchev–Trinajstić information content (AvgIpc) is 2.59. The Morgan fingerprint density at radius 3 is 2.28 bits per heavy atom. The standard InChI is InChI=1S/C23H32FN3O2/c1-15(23-10-16-6-17(11-23)8-18(7-16)12-23)25-21(28)13-27(2)14-22(29)26-20-5-3-4-19(24)9-20/h3-5,9,15-18H,6-8,10-14H2,1-2H3,(H,25,28)(H,26,29)/p+1/t15-,16?,17?,18?,23?/m1/s1. The van der Waals surface area contributed by atoms with E-state index < -0.39 is 0 Å². The van der Waals surface area contributed by atoms with Crippen molar-refractivity contribution < 1.29 is 18.9 Å². The second kappa shape index (κ2) is 8.05. The van der Waals surface area contributed by atoms with E-state index in [9.17, 15) is 14.0 Å². The second-order valence-electron chi connectivity index (χ2n) is 9.94. The fraction of sp³-hybridized carbons (Fsp3) is 0.652. The van der Waals surface area contributed by atoms with Gasteiger partial charge in [-0.15, -0.1) is 0 Å². The first-order chi connectivity index (χ1) is 13.8. The highest BCUT2D eigenvalue weighted by atomic mass is 19.1. The number of nitrogens with one attached hydrogen (secondary N) is 3. The number of likely N-dealkylation sites (N-methyl/N-ethyl adjacent to an activating group) is 1. The van der Waals surface area contributed by atoms with Crippen molar-refractivity contribution in [1.82, 2.24) is 5.32 Å². The Labute approximate surface area is 172 Å². The van der Waals surface area contributed by atoms with Gasteiger partial charge in [-0.05, 0) is 86.8 Å². The van der Waals surface area contributed by atoms with Crippen LogP contribution in [-0.2, 0) is 9.59 Å². The van der Waals surface area contributed by atoms with Crippen LogP contribution in [0.15, 0.2) is 24.3 Å². The van der Waals surface area contributed by atoms with Crippen LogP contribution in [0.4, 0.5) is 10.1 Å². The number of hydrogen-bond donors (Lipinski definition) is 3. The third-order valence-electron chi connectivity index (χ3n) is 7.41. The fourth-order valence-electron chi connectivity index (χ4n) is 6.54. The van der Waals surface area contributed by atoms with Crippen LogP contribution in [0.3, 0.4) is 0 Å². The van der Waals surface area contributed by atoms with Crippen molar-refractivity contribution in [2.45, 2.75) is 51.5 Å². The van der Waals surface area contributed by atoms with Crippen LogP contribution in [0.5, 0.6) is 0 Å². The maximum absolute atomic E-state index is 13.2. The molecule has 5 rings (SSSR count). The molecule has 0 aromatic heterocycles. The molecule has 3 N–H and O–H groups in total. The summed E-state index contributed by atoms with van der Waals surface area (Å²) in [5.41, 5.74) is 0.718. The van der Waals surface area contributed by atoms with Crippen LogP contribution in [0.1, 0.15) is 45.4 Å². The smallest absolute Gasteiger partial charge is 0.279 e. The summed E-state index contributed by atoms with van der Waals surface area (Å²) < 4.78 is 13.2. The van der Waals surface area contributed by atoms with Gasteiger partial charge in [0.2, 0.25) is 0 Å². The molecular formula is C23H33FN3O2+. The number of benzene rings is 1. The molecule has 29 heavy (non-hydrogen) atoms. The number of anilines is 1. The Morgan fingerprint density at radius 1 is 1.10 bits per heavy atom. The lowest BCUT2D eigenvalue weighted by atomic mass is 9.48. The van der Waals surface area contributed by atoms with Gasteiger partial charge in [-0.25, -0.2) is 4.39 Å². The Morgan fingerprint density at radius 2 is 1.69 bits per heavy atom. The highest BCUT2D eigenvalue weighted by molar-refractivity contribution is 5.91. The molecule has 0 spiro atoms. The van der Waals surface area contributed by atoms with E-state index in [1.807, 2.05) is 7.05 Å². The predicted molar refractivity (Wildman–Crippen MR) is 110 cm³/mol.